The number of carbonyl (C=O) groups excluding carboxylic acids is 1. The zero-order valence-electron chi connectivity index (χ0n) is 11.8. The molecule has 0 radical (unpaired) electrons. The van der Waals surface area contributed by atoms with E-state index in [1.165, 1.54) is 11.3 Å². The number of carbonyl (C=O) groups is 1. The summed E-state index contributed by atoms with van der Waals surface area (Å²) >= 11 is 7.42. The highest BCUT2D eigenvalue weighted by Gasteiger charge is 2.38. The Morgan fingerprint density at radius 1 is 1.55 bits per heavy atom. The predicted molar refractivity (Wildman–Crippen MR) is 87.7 cm³/mol. The number of thiophene rings is 1. The van der Waals surface area contributed by atoms with E-state index in [0.29, 0.717) is 0 Å². The lowest BCUT2D eigenvalue weighted by Gasteiger charge is -2.37. The van der Waals surface area contributed by atoms with Crippen molar-refractivity contribution in [3.05, 3.63) is 21.3 Å². The number of halogens is 2. The smallest absolute Gasteiger partial charge is 0.225 e. The van der Waals surface area contributed by atoms with E-state index in [2.05, 4.69) is 5.32 Å². The van der Waals surface area contributed by atoms with Crippen LogP contribution < -0.4 is 11.1 Å². The van der Waals surface area contributed by atoms with Crippen LogP contribution >= 0.6 is 35.3 Å². The molecule has 2 rings (SSSR count). The molecule has 0 bridgehead atoms. The van der Waals surface area contributed by atoms with Gasteiger partial charge in [0.25, 0.3) is 0 Å². The molecule has 1 fully saturated rings. The first kappa shape index (κ1) is 17.8. The van der Waals surface area contributed by atoms with Crippen LogP contribution in [0, 0.1) is 5.92 Å². The Kier molecular flexibility index (Phi) is 6.32. The van der Waals surface area contributed by atoms with Crippen molar-refractivity contribution in [1.29, 1.82) is 0 Å². The van der Waals surface area contributed by atoms with E-state index in [4.69, 9.17) is 17.3 Å². The summed E-state index contributed by atoms with van der Waals surface area (Å²) in [5.41, 5.74) is 5.88. The van der Waals surface area contributed by atoms with E-state index in [-0.39, 0.29) is 35.8 Å². The zero-order chi connectivity index (χ0) is 14.0. The molecule has 1 saturated carbocycles. The largest absolute Gasteiger partial charge is 0.348 e. The molecular weight excluding hydrogens is 315 g/mol. The molecule has 20 heavy (non-hydrogen) atoms. The Hall–Kier alpha value is -0.290. The number of rotatable bonds is 3. The van der Waals surface area contributed by atoms with Crippen LogP contribution in [0.2, 0.25) is 4.34 Å². The van der Waals surface area contributed by atoms with Crippen molar-refractivity contribution < 1.29 is 4.79 Å². The van der Waals surface area contributed by atoms with Gasteiger partial charge in [-0.3, -0.25) is 4.79 Å². The van der Waals surface area contributed by atoms with Crippen molar-refractivity contribution in [3.63, 3.8) is 0 Å². The summed E-state index contributed by atoms with van der Waals surface area (Å²) in [5.74, 6) is -0.0131. The third-order valence-corrected chi connectivity index (χ3v) is 5.36. The minimum Gasteiger partial charge on any atom is -0.348 e. The Morgan fingerprint density at radius 3 is 2.80 bits per heavy atom. The second-order valence-corrected chi connectivity index (χ2v) is 7.42. The van der Waals surface area contributed by atoms with Gasteiger partial charge in [0.15, 0.2) is 0 Å². The lowest BCUT2D eigenvalue weighted by molar-refractivity contribution is -0.128. The summed E-state index contributed by atoms with van der Waals surface area (Å²) in [6.45, 7) is 3.97. The summed E-state index contributed by atoms with van der Waals surface area (Å²) < 4.78 is 0.748. The van der Waals surface area contributed by atoms with Crippen LogP contribution in [0.5, 0.6) is 0 Å². The van der Waals surface area contributed by atoms with E-state index in [9.17, 15) is 4.79 Å². The summed E-state index contributed by atoms with van der Waals surface area (Å²) in [6, 6.07) is 3.81. The number of nitrogens with one attached hydrogen (secondary N) is 1. The van der Waals surface area contributed by atoms with Crippen molar-refractivity contribution in [1.82, 2.24) is 5.32 Å². The van der Waals surface area contributed by atoms with Gasteiger partial charge in [-0.15, -0.1) is 23.7 Å². The van der Waals surface area contributed by atoms with Gasteiger partial charge in [-0.05, 0) is 38.8 Å². The standard InChI is InChI=1S/C14H21ClN2OS.ClH/c1-9(11-6-7-12(15)19-11)17-13(18)10-5-3-4-8-14(10,2)16;/h6-7,9-10H,3-5,8,16H2,1-2H3,(H,17,18);1H. The molecule has 0 aliphatic heterocycles. The highest BCUT2D eigenvalue weighted by molar-refractivity contribution is 7.16. The van der Waals surface area contributed by atoms with E-state index >= 15 is 0 Å². The monoisotopic (exact) mass is 336 g/mol. The Balaban J connectivity index is 0.00000200. The molecule has 1 aromatic heterocycles. The average Bonchev–Trinajstić information content (AvgIpc) is 2.75. The van der Waals surface area contributed by atoms with E-state index in [1.54, 1.807) is 0 Å². The molecule has 1 aliphatic carbocycles. The highest BCUT2D eigenvalue weighted by Crippen LogP contribution is 2.33. The summed E-state index contributed by atoms with van der Waals surface area (Å²) in [4.78, 5) is 13.5. The predicted octanol–water partition coefficient (Wildman–Crippen LogP) is 3.91. The fourth-order valence-corrected chi connectivity index (χ4v) is 3.80. The fraction of sp³-hybridized carbons (Fsp3) is 0.643. The molecule has 0 aromatic carbocycles. The molecule has 1 amide bonds. The van der Waals surface area contributed by atoms with Crippen LogP contribution in [0.15, 0.2) is 12.1 Å². The highest BCUT2D eigenvalue weighted by atomic mass is 35.5. The lowest BCUT2D eigenvalue weighted by atomic mass is 9.74. The van der Waals surface area contributed by atoms with Crippen molar-refractivity contribution in [3.8, 4) is 0 Å². The maximum Gasteiger partial charge on any atom is 0.225 e. The Morgan fingerprint density at radius 2 is 2.25 bits per heavy atom. The summed E-state index contributed by atoms with van der Waals surface area (Å²) in [6.07, 6.45) is 4.01. The molecule has 0 saturated heterocycles. The first-order chi connectivity index (χ1) is 8.90. The second-order valence-electron chi connectivity index (χ2n) is 5.68. The molecule has 3 atom stereocenters. The molecule has 3 nitrogen and oxygen atoms in total. The fourth-order valence-electron chi connectivity index (χ4n) is 2.74. The Labute approximate surface area is 135 Å². The number of hydrogen-bond acceptors (Lipinski definition) is 3. The molecule has 0 spiro atoms. The lowest BCUT2D eigenvalue weighted by Crippen LogP contribution is -2.53. The van der Waals surface area contributed by atoms with E-state index in [0.717, 1.165) is 34.9 Å². The van der Waals surface area contributed by atoms with Gasteiger partial charge in [0.1, 0.15) is 0 Å². The van der Waals surface area contributed by atoms with Crippen molar-refractivity contribution in [2.45, 2.75) is 51.1 Å². The minimum atomic E-state index is -0.380. The normalized spacial score (nSPS) is 27.5. The van der Waals surface area contributed by atoms with Gasteiger partial charge in [-0.1, -0.05) is 24.4 Å². The first-order valence-electron chi connectivity index (χ1n) is 6.74. The number of hydrogen-bond donors (Lipinski definition) is 2. The van der Waals surface area contributed by atoms with Crippen LogP contribution in [0.4, 0.5) is 0 Å². The molecule has 114 valence electrons. The molecule has 6 heteroatoms. The van der Waals surface area contributed by atoms with Gasteiger partial charge < -0.3 is 11.1 Å². The number of amides is 1. The van der Waals surface area contributed by atoms with Gasteiger partial charge in [-0.2, -0.15) is 0 Å². The minimum absolute atomic E-state index is 0. The van der Waals surface area contributed by atoms with Crippen molar-refractivity contribution in [2.24, 2.45) is 11.7 Å². The van der Waals surface area contributed by atoms with Crippen LogP contribution in [-0.4, -0.2) is 11.4 Å². The van der Waals surface area contributed by atoms with Gasteiger partial charge in [-0.25, -0.2) is 0 Å². The van der Waals surface area contributed by atoms with Gasteiger partial charge in [0.05, 0.1) is 16.3 Å². The van der Waals surface area contributed by atoms with Crippen LogP contribution in [0.1, 0.15) is 50.4 Å². The summed E-state index contributed by atoms with van der Waals surface area (Å²) in [5, 5.41) is 3.07. The molecule has 3 N–H and O–H groups in total. The quantitative estimate of drug-likeness (QED) is 0.879. The third kappa shape index (κ3) is 4.10. The van der Waals surface area contributed by atoms with Crippen LogP contribution in [0.3, 0.4) is 0 Å². The van der Waals surface area contributed by atoms with E-state index < -0.39 is 0 Å². The van der Waals surface area contributed by atoms with Crippen LogP contribution in [-0.2, 0) is 4.79 Å². The first-order valence-corrected chi connectivity index (χ1v) is 7.94. The second kappa shape index (κ2) is 7.12. The van der Waals surface area contributed by atoms with Crippen molar-refractivity contribution >= 4 is 41.3 Å². The maximum absolute atomic E-state index is 12.4. The molecule has 1 aromatic rings. The maximum atomic E-state index is 12.4. The van der Waals surface area contributed by atoms with Gasteiger partial charge >= 0.3 is 0 Å². The van der Waals surface area contributed by atoms with Gasteiger partial charge in [0, 0.05) is 10.4 Å². The number of nitrogens with two attached hydrogens (primary N) is 1. The average molecular weight is 337 g/mol. The van der Waals surface area contributed by atoms with Gasteiger partial charge in [0.2, 0.25) is 5.91 Å². The zero-order valence-corrected chi connectivity index (χ0v) is 14.2. The molecule has 3 unspecified atom stereocenters. The SMILES string of the molecule is CC(NC(=O)C1CCCCC1(C)N)c1ccc(Cl)s1.Cl. The summed E-state index contributed by atoms with van der Waals surface area (Å²) in [7, 11) is 0. The van der Waals surface area contributed by atoms with Crippen molar-refractivity contribution in [2.75, 3.05) is 0 Å². The Bertz CT molecular complexity index is 462. The topological polar surface area (TPSA) is 55.1 Å². The third-order valence-electron chi connectivity index (χ3n) is 3.95. The van der Waals surface area contributed by atoms with E-state index in [1.807, 2.05) is 26.0 Å². The molecule has 1 heterocycles. The molecule has 1 aliphatic rings. The van der Waals surface area contributed by atoms with Crippen LogP contribution in [0.25, 0.3) is 0 Å². The molecular formula is C14H22Cl2N2OS.